The Bertz CT molecular complexity index is 1540. The summed E-state index contributed by atoms with van der Waals surface area (Å²) in [5.41, 5.74) is 1.79. The highest BCUT2D eigenvalue weighted by atomic mass is 35.5. The number of carbonyl (C=O) groups is 3. The maximum Gasteiger partial charge on any atom is 0.272 e. The Morgan fingerprint density at radius 1 is 0.795 bits per heavy atom. The van der Waals surface area contributed by atoms with Crippen LogP contribution in [0.5, 0.6) is 0 Å². The van der Waals surface area contributed by atoms with Crippen LogP contribution in [0.1, 0.15) is 26.3 Å². The number of Topliss-reactive ketones (excluding diaryl/α,β-unsaturated/α-hetero) is 1. The minimum Gasteiger partial charge on any atom is -0.321 e. The van der Waals surface area contributed by atoms with Crippen molar-refractivity contribution >= 4 is 64.3 Å². The van der Waals surface area contributed by atoms with Crippen LogP contribution in [0.15, 0.2) is 108 Å². The molecule has 0 saturated heterocycles. The summed E-state index contributed by atoms with van der Waals surface area (Å²) in [5, 5.41) is 6.10. The van der Waals surface area contributed by atoms with E-state index < -0.39 is 17.6 Å². The number of benzene rings is 4. The van der Waals surface area contributed by atoms with Crippen LogP contribution in [-0.4, -0.2) is 23.4 Å². The van der Waals surface area contributed by atoms with Gasteiger partial charge >= 0.3 is 0 Å². The number of thioether (sulfide) groups is 1. The molecule has 0 aromatic heterocycles. The van der Waals surface area contributed by atoms with Crippen LogP contribution in [0.2, 0.25) is 10.0 Å². The third-order valence-electron chi connectivity index (χ3n) is 5.41. The van der Waals surface area contributed by atoms with Crippen molar-refractivity contribution in [2.75, 3.05) is 11.1 Å². The maximum absolute atomic E-state index is 13.4. The highest BCUT2D eigenvalue weighted by Gasteiger charge is 2.16. The average molecular weight is 579 g/mol. The first-order valence-corrected chi connectivity index (χ1v) is 13.4. The number of hydrogen-bond donors (Lipinski definition) is 2. The van der Waals surface area contributed by atoms with Gasteiger partial charge in [-0.05, 0) is 72.3 Å². The number of halogens is 3. The molecule has 0 saturated carbocycles. The first-order valence-electron chi connectivity index (χ1n) is 11.6. The maximum atomic E-state index is 13.4. The molecule has 2 amide bonds. The van der Waals surface area contributed by atoms with Gasteiger partial charge in [0.05, 0.1) is 15.8 Å². The Hall–Kier alpha value is -3.91. The van der Waals surface area contributed by atoms with Gasteiger partial charge in [-0.3, -0.25) is 14.4 Å². The molecule has 0 fully saturated rings. The molecule has 0 unspecified atom stereocenters. The van der Waals surface area contributed by atoms with Crippen molar-refractivity contribution in [2.24, 2.45) is 0 Å². The SMILES string of the molecule is O=C(Nc1cccc(SCC(=O)c2ccc(Cl)c(Cl)c2)c1)/C(=C/c1ccc(F)cc1)NC(=O)c1ccccc1. The van der Waals surface area contributed by atoms with Gasteiger partial charge < -0.3 is 10.6 Å². The van der Waals surface area contributed by atoms with Crippen LogP contribution in [-0.2, 0) is 4.79 Å². The van der Waals surface area contributed by atoms with Crippen LogP contribution in [0.3, 0.4) is 0 Å². The van der Waals surface area contributed by atoms with Gasteiger partial charge in [0.2, 0.25) is 0 Å². The van der Waals surface area contributed by atoms with Crippen LogP contribution in [0.25, 0.3) is 6.08 Å². The summed E-state index contributed by atoms with van der Waals surface area (Å²) in [4.78, 5) is 39.3. The van der Waals surface area contributed by atoms with Crippen LogP contribution in [0.4, 0.5) is 10.1 Å². The average Bonchev–Trinajstić information content (AvgIpc) is 2.94. The van der Waals surface area contributed by atoms with E-state index in [1.807, 2.05) is 6.07 Å². The zero-order valence-electron chi connectivity index (χ0n) is 20.3. The molecule has 0 radical (unpaired) electrons. The largest absolute Gasteiger partial charge is 0.321 e. The van der Waals surface area contributed by atoms with Crippen molar-refractivity contribution in [3.63, 3.8) is 0 Å². The molecule has 4 aromatic carbocycles. The zero-order valence-corrected chi connectivity index (χ0v) is 22.6. The lowest BCUT2D eigenvalue weighted by atomic mass is 10.1. The van der Waals surface area contributed by atoms with E-state index in [0.717, 1.165) is 4.90 Å². The standard InChI is InChI=1S/C30H21Cl2FN2O3S/c31-25-14-11-21(16-26(25)32)28(36)18-39-24-8-4-7-23(17-24)34-30(38)27(15-19-9-12-22(33)13-10-19)35-29(37)20-5-2-1-3-6-20/h1-17H,18H2,(H,34,38)(H,35,37)/b27-15-. The molecule has 4 aromatic rings. The number of nitrogens with one attached hydrogen (secondary N) is 2. The molecule has 0 heterocycles. The summed E-state index contributed by atoms with van der Waals surface area (Å²) >= 11 is 13.2. The predicted octanol–water partition coefficient (Wildman–Crippen LogP) is 7.52. The number of rotatable bonds is 9. The number of ketones is 1. The van der Waals surface area contributed by atoms with Gasteiger partial charge in [-0.2, -0.15) is 0 Å². The summed E-state index contributed by atoms with van der Waals surface area (Å²) < 4.78 is 13.4. The fraction of sp³-hybridized carbons (Fsp3) is 0.0333. The second-order valence-corrected chi connectivity index (χ2v) is 10.1. The van der Waals surface area contributed by atoms with Crippen LogP contribution < -0.4 is 10.6 Å². The second-order valence-electron chi connectivity index (χ2n) is 8.25. The van der Waals surface area contributed by atoms with Crippen molar-refractivity contribution in [3.05, 3.63) is 135 Å². The Labute approximate surface area is 239 Å². The molecule has 0 aliphatic rings. The van der Waals surface area contributed by atoms with Crippen LogP contribution >= 0.6 is 35.0 Å². The highest BCUT2D eigenvalue weighted by molar-refractivity contribution is 8.00. The van der Waals surface area contributed by atoms with Gasteiger partial charge in [-0.15, -0.1) is 11.8 Å². The normalized spacial score (nSPS) is 11.1. The van der Waals surface area contributed by atoms with Crippen molar-refractivity contribution < 1.29 is 18.8 Å². The number of carbonyl (C=O) groups excluding carboxylic acids is 3. The Morgan fingerprint density at radius 2 is 1.54 bits per heavy atom. The first kappa shape index (κ1) is 28.1. The van der Waals surface area contributed by atoms with E-state index in [9.17, 15) is 18.8 Å². The number of amides is 2. The van der Waals surface area contributed by atoms with E-state index in [4.69, 9.17) is 23.2 Å². The monoisotopic (exact) mass is 578 g/mol. The Balaban J connectivity index is 1.48. The molecule has 4 rings (SSSR count). The molecule has 0 bridgehead atoms. The zero-order chi connectivity index (χ0) is 27.8. The van der Waals surface area contributed by atoms with Gasteiger partial charge in [0.25, 0.3) is 11.8 Å². The molecule has 2 N–H and O–H groups in total. The molecule has 0 aliphatic heterocycles. The third-order valence-corrected chi connectivity index (χ3v) is 7.15. The molecular weight excluding hydrogens is 558 g/mol. The summed E-state index contributed by atoms with van der Waals surface area (Å²) in [7, 11) is 0. The molecule has 196 valence electrons. The quantitative estimate of drug-likeness (QED) is 0.122. The minimum absolute atomic E-state index is 0.0247. The van der Waals surface area contributed by atoms with E-state index >= 15 is 0 Å². The first-order chi connectivity index (χ1) is 18.8. The van der Waals surface area contributed by atoms with E-state index in [-0.39, 0.29) is 17.2 Å². The molecule has 0 aliphatic carbocycles. The van der Waals surface area contributed by atoms with Crippen molar-refractivity contribution in [1.82, 2.24) is 5.32 Å². The summed E-state index contributed by atoms with van der Waals surface area (Å²) in [6.07, 6.45) is 1.46. The van der Waals surface area contributed by atoms with Gasteiger partial charge in [-0.1, -0.05) is 59.6 Å². The van der Waals surface area contributed by atoms with Gasteiger partial charge in [0.15, 0.2) is 5.78 Å². The summed E-state index contributed by atoms with van der Waals surface area (Å²) in [6.45, 7) is 0. The fourth-order valence-corrected chi connectivity index (χ4v) is 4.58. The Kier molecular flexibility index (Phi) is 9.54. The summed E-state index contributed by atoms with van der Waals surface area (Å²) in [6, 6.07) is 25.7. The second kappa shape index (κ2) is 13.2. The molecule has 0 spiro atoms. The topological polar surface area (TPSA) is 75.3 Å². The van der Waals surface area contributed by atoms with Gasteiger partial charge in [-0.25, -0.2) is 4.39 Å². The minimum atomic E-state index is -0.572. The lowest BCUT2D eigenvalue weighted by Crippen LogP contribution is -2.30. The highest BCUT2D eigenvalue weighted by Crippen LogP contribution is 2.26. The summed E-state index contributed by atoms with van der Waals surface area (Å²) in [5.74, 6) is -1.43. The molecule has 0 atom stereocenters. The number of anilines is 1. The van der Waals surface area contributed by atoms with Crippen molar-refractivity contribution in [2.45, 2.75) is 4.90 Å². The Morgan fingerprint density at radius 3 is 2.26 bits per heavy atom. The molecule has 5 nitrogen and oxygen atoms in total. The van der Waals surface area contributed by atoms with E-state index in [1.54, 1.807) is 60.7 Å². The lowest BCUT2D eigenvalue weighted by Gasteiger charge is -2.12. The lowest BCUT2D eigenvalue weighted by molar-refractivity contribution is -0.113. The number of hydrogen-bond acceptors (Lipinski definition) is 4. The van der Waals surface area contributed by atoms with Crippen LogP contribution in [0, 0.1) is 5.82 Å². The molecular formula is C30H21Cl2FN2O3S. The third kappa shape index (κ3) is 8.04. The predicted molar refractivity (Wildman–Crippen MR) is 155 cm³/mol. The smallest absolute Gasteiger partial charge is 0.272 e. The van der Waals surface area contributed by atoms with E-state index in [1.165, 1.54) is 48.2 Å². The molecule has 9 heteroatoms. The van der Waals surface area contributed by atoms with E-state index in [2.05, 4.69) is 10.6 Å². The van der Waals surface area contributed by atoms with Crippen molar-refractivity contribution in [1.29, 1.82) is 0 Å². The van der Waals surface area contributed by atoms with Gasteiger partial charge in [0.1, 0.15) is 11.5 Å². The molecule has 39 heavy (non-hydrogen) atoms. The van der Waals surface area contributed by atoms with Gasteiger partial charge in [0, 0.05) is 21.7 Å². The van der Waals surface area contributed by atoms with E-state index in [0.29, 0.717) is 32.4 Å². The fourth-order valence-electron chi connectivity index (χ4n) is 3.43. The van der Waals surface area contributed by atoms with Crippen molar-refractivity contribution in [3.8, 4) is 0 Å².